The molecule has 2 aliphatic rings. The second-order valence-electron chi connectivity index (χ2n) is 9.19. The van der Waals surface area contributed by atoms with Gasteiger partial charge in [0.05, 0.1) is 29.8 Å². The standard InChI is InChI=1S/C25H25F3N4O3/c1-15-11-30(14-29-15)20-8-9-21-24(34)31(16(2)12-32(21)23(20)33)13-19-7-10-22(35-19)17-3-5-18(6-4-17)25(26,27)28/h3-6,8-9,11,14,16,19,22H,7,10,12-13H2,1-2H3/t16-,19-,22+/m1/s1. The molecule has 1 amide bonds. The van der Waals surface area contributed by atoms with Crippen LogP contribution in [0.1, 0.15) is 53.2 Å². The van der Waals surface area contributed by atoms with Crippen molar-refractivity contribution in [3.05, 3.63) is 81.8 Å². The molecule has 0 unspecified atom stereocenters. The molecule has 1 saturated heterocycles. The average Bonchev–Trinajstić information content (AvgIpc) is 3.46. The van der Waals surface area contributed by atoms with Crippen molar-refractivity contribution in [1.82, 2.24) is 19.0 Å². The van der Waals surface area contributed by atoms with Crippen molar-refractivity contribution in [2.45, 2.75) is 57.7 Å². The molecule has 0 saturated carbocycles. The first-order chi connectivity index (χ1) is 16.6. The summed E-state index contributed by atoms with van der Waals surface area (Å²) in [6.07, 6.45) is -0.240. The Balaban J connectivity index is 1.30. The second-order valence-corrected chi connectivity index (χ2v) is 9.19. The van der Waals surface area contributed by atoms with E-state index in [-0.39, 0.29) is 29.7 Å². The van der Waals surface area contributed by atoms with Gasteiger partial charge in [-0.2, -0.15) is 13.2 Å². The molecule has 0 radical (unpaired) electrons. The lowest BCUT2D eigenvalue weighted by atomic mass is 10.0. The van der Waals surface area contributed by atoms with Crippen LogP contribution >= 0.6 is 0 Å². The molecule has 1 fully saturated rings. The first-order valence-corrected chi connectivity index (χ1v) is 11.5. The van der Waals surface area contributed by atoms with E-state index in [4.69, 9.17) is 4.74 Å². The summed E-state index contributed by atoms with van der Waals surface area (Å²) in [7, 11) is 0. The van der Waals surface area contributed by atoms with Crippen LogP contribution in [0.25, 0.3) is 5.69 Å². The molecule has 0 bridgehead atoms. The molecule has 0 aliphatic carbocycles. The number of rotatable bonds is 4. The SMILES string of the molecule is Cc1cn(-c2ccc3n(c2=O)C[C@@H](C)N(C[C@H]2CC[C@@H](c4ccc(C(F)(F)F)cc4)O2)C3=O)cn1. The van der Waals surface area contributed by atoms with E-state index in [0.717, 1.165) is 17.8 Å². The topological polar surface area (TPSA) is 69.4 Å². The predicted molar refractivity (Wildman–Crippen MR) is 121 cm³/mol. The van der Waals surface area contributed by atoms with Gasteiger partial charge in [-0.15, -0.1) is 0 Å². The minimum atomic E-state index is -4.38. The van der Waals surface area contributed by atoms with E-state index in [1.54, 1.807) is 34.1 Å². The van der Waals surface area contributed by atoms with E-state index in [1.165, 1.54) is 16.7 Å². The number of alkyl halides is 3. The van der Waals surface area contributed by atoms with Crippen molar-refractivity contribution in [3.8, 4) is 5.69 Å². The van der Waals surface area contributed by atoms with Crippen molar-refractivity contribution < 1.29 is 22.7 Å². The summed E-state index contributed by atoms with van der Waals surface area (Å²) in [6.45, 7) is 4.44. The minimum absolute atomic E-state index is 0.221. The highest BCUT2D eigenvalue weighted by Gasteiger charge is 2.36. The van der Waals surface area contributed by atoms with Gasteiger partial charge in [-0.05, 0) is 56.5 Å². The molecule has 3 atom stereocenters. The zero-order valence-electron chi connectivity index (χ0n) is 19.3. The number of benzene rings is 1. The van der Waals surface area contributed by atoms with E-state index in [0.29, 0.717) is 42.9 Å². The summed E-state index contributed by atoms with van der Waals surface area (Å²) in [5, 5.41) is 0. The molecule has 4 heterocycles. The number of halogens is 3. The lowest BCUT2D eigenvalue weighted by molar-refractivity contribution is -0.137. The molecule has 3 aromatic rings. The Labute approximate surface area is 199 Å². The van der Waals surface area contributed by atoms with E-state index < -0.39 is 11.7 Å². The molecular formula is C25H25F3N4O3. The highest BCUT2D eigenvalue weighted by molar-refractivity contribution is 5.93. The quantitative estimate of drug-likeness (QED) is 0.556. The molecule has 1 aromatic carbocycles. The Kier molecular flexibility index (Phi) is 5.79. The van der Waals surface area contributed by atoms with Gasteiger partial charge in [0.25, 0.3) is 11.5 Å². The van der Waals surface area contributed by atoms with Crippen molar-refractivity contribution in [1.29, 1.82) is 0 Å². The van der Waals surface area contributed by atoms with Crippen LogP contribution in [0.3, 0.4) is 0 Å². The maximum atomic E-state index is 13.3. The number of amides is 1. The largest absolute Gasteiger partial charge is 0.416 e. The van der Waals surface area contributed by atoms with Crippen LogP contribution in [0, 0.1) is 6.92 Å². The van der Waals surface area contributed by atoms with Gasteiger partial charge in [0, 0.05) is 25.3 Å². The van der Waals surface area contributed by atoms with Gasteiger partial charge < -0.3 is 18.8 Å². The van der Waals surface area contributed by atoms with Gasteiger partial charge in [0.15, 0.2) is 0 Å². The fraction of sp³-hybridized carbons (Fsp3) is 0.400. The molecule has 2 aromatic heterocycles. The van der Waals surface area contributed by atoms with Crippen LogP contribution in [-0.4, -0.2) is 43.6 Å². The molecule has 35 heavy (non-hydrogen) atoms. The molecule has 5 rings (SSSR count). The van der Waals surface area contributed by atoms with Gasteiger partial charge in [-0.1, -0.05) is 12.1 Å². The minimum Gasteiger partial charge on any atom is -0.368 e. The number of nitrogens with zero attached hydrogens (tertiary/aromatic N) is 4. The predicted octanol–water partition coefficient (Wildman–Crippen LogP) is 4.13. The van der Waals surface area contributed by atoms with Crippen molar-refractivity contribution in [3.63, 3.8) is 0 Å². The molecule has 184 valence electrons. The number of carbonyl (C=O) groups excluding carboxylic acids is 1. The Hall–Kier alpha value is -3.40. The van der Waals surface area contributed by atoms with Gasteiger partial charge in [-0.25, -0.2) is 4.98 Å². The van der Waals surface area contributed by atoms with Crippen molar-refractivity contribution in [2.24, 2.45) is 0 Å². The normalized spacial score (nSPS) is 22.5. The van der Waals surface area contributed by atoms with E-state index in [9.17, 15) is 22.8 Å². The monoisotopic (exact) mass is 486 g/mol. The Bertz CT molecular complexity index is 1310. The number of ether oxygens (including phenoxy) is 1. The fourth-order valence-corrected chi connectivity index (χ4v) is 4.85. The third-order valence-electron chi connectivity index (χ3n) is 6.72. The zero-order chi connectivity index (χ0) is 24.9. The molecule has 2 aliphatic heterocycles. The van der Waals surface area contributed by atoms with Crippen LogP contribution in [0.5, 0.6) is 0 Å². The summed E-state index contributed by atoms with van der Waals surface area (Å²) in [5.41, 5.74) is 1.29. The van der Waals surface area contributed by atoms with Crippen LogP contribution in [0.15, 0.2) is 53.7 Å². The molecule has 0 N–H and O–H groups in total. The number of aryl methyl sites for hydroxylation is 1. The summed E-state index contributed by atoms with van der Waals surface area (Å²) in [4.78, 5) is 32.3. The number of fused-ring (bicyclic) bond motifs is 1. The third kappa shape index (κ3) is 4.38. The Morgan fingerprint density at radius 3 is 2.49 bits per heavy atom. The summed E-state index contributed by atoms with van der Waals surface area (Å²) in [6, 6.07) is 8.11. The summed E-state index contributed by atoms with van der Waals surface area (Å²) < 4.78 is 47.8. The summed E-state index contributed by atoms with van der Waals surface area (Å²) in [5.74, 6) is -0.240. The van der Waals surface area contributed by atoms with Gasteiger partial charge >= 0.3 is 6.18 Å². The number of aromatic nitrogens is 3. The third-order valence-corrected chi connectivity index (χ3v) is 6.72. The smallest absolute Gasteiger partial charge is 0.368 e. The lowest BCUT2D eigenvalue weighted by Gasteiger charge is -2.36. The van der Waals surface area contributed by atoms with E-state index >= 15 is 0 Å². The van der Waals surface area contributed by atoms with Crippen LogP contribution < -0.4 is 5.56 Å². The molecule has 10 heteroatoms. The van der Waals surface area contributed by atoms with Crippen LogP contribution in [0.4, 0.5) is 13.2 Å². The maximum Gasteiger partial charge on any atom is 0.416 e. The second kappa shape index (κ2) is 8.67. The van der Waals surface area contributed by atoms with Crippen molar-refractivity contribution in [2.75, 3.05) is 6.54 Å². The number of imidazole rings is 1. The number of hydrogen-bond donors (Lipinski definition) is 0. The first-order valence-electron chi connectivity index (χ1n) is 11.5. The Morgan fingerprint density at radius 1 is 1.09 bits per heavy atom. The number of carbonyl (C=O) groups is 1. The fourth-order valence-electron chi connectivity index (χ4n) is 4.85. The van der Waals surface area contributed by atoms with Gasteiger partial charge in [-0.3, -0.25) is 9.59 Å². The van der Waals surface area contributed by atoms with Crippen molar-refractivity contribution >= 4 is 5.91 Å². The zero-order valence-corrected chi connectivity index (χ0v) is 19.3. The average molecular weight is 486 g/mol. The molecule has 0 spiro atoms. The summed E-state index contributed by atoms with van der Waals surface area (Å²) >= 11 is 0. The van der Waals surface area contributed by atoms with E-state index in [1.807, 2.05) is 13.8 Å². The highest BCUT2D eigenvalue weighted by Crippen LogP contribution is 2.36. The maximum absolute atomic E-state index is 13.3. The Morgan fingerprint density at radius 2 is 1.83 bits per heavy atom. The van der Waals surface area contributed by atoms with Crippen LogP contribution in [-0.2, 0) is 17.5 Å². The molecular weight excluding hydrogens is 461 g/mol. The van der Waals surface area contributed by atoms with Gasteiger partial charge in [0.2, 0.25) is 0 Å². The highest BCUT2D eigenvalue weighted by atomic mass is 19.4. The number of pyridine rings is 1. The van der Waals surface area contributed by atoms with Crippen LogP contribution in [0.2, 0.25) is 0 Å². The van der Waals surface area contributed by atoms with Gasteiger partial charge in [0.1, 0.15) is 11.4 Å². The number of hydrogen-bond acceptors (Lipinski definition) is 4. The molecule has 7 nitrogen and oxygen atoms in total. The lowest BCUT2D eigenvalue weighted by Crippen LogP contribution is -2.52. The first kappa shape index (κ1) is 23.3. The van der Waals surface area contributed by atoms with E-state index in [2.05, 4.69) is 4.98 Å².